The van der Waals surface area contributed by atoms with E-state index in [1.54, 1.807) is 6.92 Å². The third-order valence-corrected chi connectivity index (χ3v) is 2.65. The molecule has 3 heteroatoms. The highest BCUT2D eigenvalue weighted by Crippen LogP contribution is 2.40. The summed E-state index contributed by atoms with van der Waals surface area (Å²) in [4.78, 5) is 10.7. The largest absolute Gasteiger partial charge is 0.352 e. The standard InChI is InChI=1S/C7H14BNO/c1-5(10)9-7(2)4-3-6(7)8/h6H,3-4,8H2,1-2H3,(H,9,10)/t6-,7+/m0/s1. The normalized spacial score (nSPS) is 38.4. The highest BCUT2D eigenvalue weighted by molar-refractivity contribution is 6.13. The Morgan fingerprint density at radius 2 is 2.40 bits per heavy atom. The molecule has 0 spiro atoms. The minimum absolute atomic E-state index is 0.0917. The van der Waals surface area contributed by atoms with Crippen LogP contribution in [0.15, 0.2) is 0 Å². The van der Waals surface area contributed by atoms with Crippen LogP contribution in [0.4, 0.5) is 0 Å². The third kappa shape index (κ3) is 1.18. The van der Waals surface area contributed by atoms with E-state index in [9.17, 15) is 4.79 Å². The summed E-state index contributed by atoms with van der Waals surface area (Å²) in [6, 6.07) is 0. The lowest BCUT2D eigenvalue weighted by atomic mass is 9.58. The molecule has 10 heavy (non-hydrogen) atoms. The Morgan fingerprint density at radius 1 is 1.80 bits per heavy atom. The van der Waals surface area contributed by atoms with Crippen LogP contribution in [0.3, 0.4) is 0 Å². The second kappa shape index (κ2) is 2.29. The third-order valence-electron chi connectivity index (χ3n) is 2.65. The van der Waals surface area contributed by atoms with Crippen LogP contribution in [0, 0.1) is 0 Å². The monoisotopic (exact) mass is 139 g/mol. The van der Waals surface area contributed by atoms with Crippen LogP contribution in [0.1, 0.15) is 26.7 Å². The van der Waals surface area contributed by atoms with Crippen LogP contribution < -0.4 is 5.32 Å². The molecule has 1 aliphatic carbocycles. The van der Waals surface area contributed by atoms with Crippen molar-refractivity contribution in [2.75, 3.05) is 0 Å². The Hall–Kier alpha value is -0.465. The van der Waals surface area contributed by atoms with E-state index in [4.69, 9.17) is 0 Å². The molecular weight excluding hydrogens is 125 g/mol. The lowest BCUT2D eigenvalue weighted by molar-refractivity contribution is -0.121. The van der Waals surface area contributed by atoms with Gasteiger partial charge in [-0.15, -0.1) is 0 Å². The lowest BCUT2D eigenvalue weighted by Gasteiger charge is -2.46. The van der Waals surface area contributed by atoms with Crippen LogP contribution in [0.2, 0.25) is 5.82 Å². The molecule has 1 fully saturated rings. The highest BCUT2D eigenvalue weighted by atomic mass is 16.1. The average Bonchev–Trinajstić information content (AvgIpc) is 1.84. The molecule has 0 saturated heterocycles. The van der Waals surface area contributed by atoms with Gasteiger partial charge in [0.1, 0.15) is 7.85 Å². The zero-order chi connectivity index (χ0) is 7.78. The van der Waals surface area contributed by atoms with E-state index in [2.05, 4.69) is 20.1 Å². The van der Waals surface area contributed by atoms with Gasteiger partial charge in [0.25, 0.3) is 0 Å². The Kier molecular flexibility index (Phi) is 1.75. The molecule has 0 bridgehead atoms. The molecule has 0 heterocycles. The fraction of sp³-hybridized carbons (Fsp3) is 0.857. The van der Waals surface area contributed by atoms with Crippen molar-refractivity contribution in [1.29, 1.82) is 0 Å². The molecule has 0 aromatic carbocycles. The molecule has 1 amide bonds. The van der Waals surface area contributed by atoms with Crippen LogP contribution in [-0.2, 0) is 4.79 Å². The van der Waals surface area contributed by atoms with E-state index in [1.807, 2.05) is 0 Å². The molecule has 0 radical (unpaired) electrons. The Bertz CT molecular complexity index is 160. The first kappa shape index (κ1) is 7.64. The molecule has 1 aliphatic rings. The van der Waals surface area contributed by atoms with Gasteiger partial charge in [-0.2, -0.15) is 0 Å². The van der Waals surface area contributed by atoms with Gasteiger partial charge >= 0.3 is 0 Å². The minimum Gasteiger partial charge on any atom is -0.352 e. The molecule has 2 atom stereocenters. The van der Waals surface area contributed by atoms with Gasteiger partial charge in [0.05, 0.1) is 0 Å². The summed E-state index contributed by atoms with van der Waals surface area (Å²) in [7, 11) is 2.18. The lowest BCUT2D eigenvalue weighted by Crippen LogP contribution is -2.54. The SMILES string of the molecule is B[C@H]1CC[C@@]1(C)NC(C)=O. The van der Waals surface area contributed by atoms with E-state index in [0.717, 1.165) is 6.42 Å². The summed E-state index contributed by atoms with van der Waals surface area (Å²) in [6.07, 6.45) is 2.38. The summed E-state index contributed by atoms with van der Waals surface area (Å²) in [5, 5.41) is 2.97. The van der Waals surface area contributed by atoms with Crippen LogP contribution >= 0.6 is 0 Å². The van der Waals surface area contributed by atoms with E-state index in [1.165, 1.54) is 6.42 Å². The molecular formula is C7H14BNO. The van der Waals surface area contributed by atoms with Gasteiger partial charge in [-0.1, -0.05) is 6.42 Å². The quantitative estimate of drug-likeness (QED) is 0.512. The minimum atomic E-state index is 0.0917. The van der Waals surface area contributed by atoms with Crippen molar-refractivity contribution in [3.63, 3.8) is 0 Å². The molecule has 56 valence electrons. The molecule has 0 unspecified atom stereocenters. The Balaban J connectivity index is 2.45. The first-order valence-electron chi connectivity index (χ1n) is 3.83. The van der Waals surface area contributed by atoms with E-state index >= 15 is 0 Å². The maximum atomic E-state index is 10.7. The summed E-state index contributed by atoms with van der Waals surface area (Å²) >= 11 is 0. The zero-order valence-electron chi connectivity index (χ0n) is 6.90. The Labute approximate surface area is 62.8 Å². The maximum absolute atomic E-state index is 10.7. The molecule has 1 rings (SSSR count). The van der Waals surface area contributed by atoms with Gasteiger partial charge in [0.2, 0.25) is 5.91 Å². The van der Waals surface area contributed by atoms with Gasteiger partial charge < -0.3 is 5.32 Å². The molecule has 1 N–H and O–H groups in total. The summed E-state index contributed by atoms with van der Waals surface area (Å²) < 4.78 is 0. The fourth-order valence-corrected chi connectivity index (χ4v) is 1.45. The van der Waals surface area contributed by atoms with Crippen molar-refractivity contribution < 1.29 is 4.79 Å². The molecule has 0 aliphatic heterocycles. The zero-order valence-corrected chi connectivity index (χ0v) is 6.90. The first-order valence-corrected chi connectivity index (χ1v) is 3.83. The summed E-state index contributed by atoms with van der Waals surface area (Å²) in [5.74, 6) is 0.741. The van der Waals surface area contributed by atoms with Gasteiger partial charge in [-0.25, -0.2) is 0 Å². The van der Waals surface area contributed by atoms with Gasteiger partial charge in [0, 0.05) is 12.5 Å². The van der Waals surface area contributed by atoms with E-state index in [0.29, 0.717) is 5.82 Å². The van der Waals surface area contributed by atoms with Crippen LogP contribution in [0.5, 0.6) is 0 Å². The van der Waals surface area contributed by atoms with Crippen molar-refractivity contribution in [2.45, 2.75) is 38.0 Å². The van der Waals surface area contributed by atoms with Crippen molar-refractivity contribution in [1.82, 2.24) is 5.32 Å². The number of carbonyl (C=O) groups excluding carboxylic acids is 1. The highest BCUT2D eigenvalue weighted by Gasteiger charge is 2.39. The summed E-state index contributed by atoms with van der Waals surface area (Å²) in [6.45, 7) is 3.69. The number of hydrogen-bond donors (Lipinski definition) is 1. The number of hydrogen-bond acceptors (Lipinski definition) is 1. The second-order valence-electron chi connectivity index (χ2n) is 3.54. The van der Waals surface area contributed by atoms with Crippen molar-refractivity contribution >= 4 is 13.8 Å². The average molecular weight is 139 g/mol. The van der Waals surface area contributed by atoms with Gasteiger partial charge in [-0.3, -0.25) is 4.79 Å². The van der Waals surface area contributed by atoms with Crippen LogP contribution in [0.25, 0.3) is 0 Å². The second-order valence-corrected chi connectivity index (χ2v) is 3.54. The predicted octanol–water partition coefficient (Wildman–Crippen LogP) is 0.0966. The smallest absolute Gasteiger partial charge is 0.217 e. The maximum Gasteiger partial charge on any atom is 0.217 e. The van der Waals surface area contributed by atoms with E-state index in [-0.39, 0.29) is 11.4 Å². The molecule has 0 aromatic heterocycles. The molecule has 2 nitrogen and oxygen atoms in total. The van der Waals surface area contributed by atoms with E-state index < -0.39 is 0 Å². The molecule has 1 saturated carbocycles. The first-order chi connectivity index (χ1) is 4.54. The fourth-order valence-electron chi connectivity index (χ4n) is 1.45. The predicted molar refractivity (Wildman–Crippen MR) is 43.7 cm³/mol. The molecule has 0 aromatic rings. The van der Waals surface area contributed by atoms with Crippen molar-refractivity contribution in [2.24, 2.45) is 0 Å². The topological polar surface area (TPSA) is 29.1 Å². The number of nitrogens with one attached hydrogen (secondary N) is 1. The van der Waals surface area contributed by atoms with Crippen LogP contribution in [-0.4, -0.2) is 19.3 Å². The number of carbonyl (C=O) groups is 1. The van der Waals surface area contributed by atoms with Crippen molar-refractivity contribution in [3.05, 3.63) is 0 Å². The number of amides is 1. The van der Waals surface area contributed by atoms with Gasteiger partial charge in [-0.05, 0) is 19.2 Å². The summed E-state index contributed by atoms with van der Waals surface area (Å²) in [5.41, 5.74) is 0.103. The van der Waals surface area contributed by atoms with Gasteiger partial charge in [0.15, 0.2) is 0 Å². The van der Waals surface area contributed by atoms with Crippen molar-refractivity contribution in [3.8, 4) is 0 Å². The number of rotatable bonds is 1. The Morgan fingerprint density at radius 3 is 2.50 bits per heavy atom.